The van der Waals surface area contributed by atoms with Crippen LogP contribution in [-0.4, -0.2) is 20.1 Å². The van der Waals surface area contributed by atoms with Crippen molar-refractivity contribution in [3.8, 4) is 11.4 Å². The van der Waals surface area contributed by atoms with Gasteiger partial charge in [-0.25, -0.2) is 0 Å². The summed E-state index contributed by atoms with van der Waals surface area (Å²) >= 11 is 0. The van der Waals surface area contributed by atoms with Crippen LogP contribution in [0.5, 0.6) is 5.75 Å². The maximum Gasteiger partial charge on any atom is 0.146 e. The largest absolute Gasteiger partial charge is 0.505 e. The molecule has 0 saturated carbocycles. The predicted octanol–water partition coefficient (Wildman–Crippen LogP) is 6.14. The van der Waals surface area contributed by atoms with Crippen LogP contribution < -0.4 is 0 Å². The lowest BCUT2D eigenvalue weighted by Gasteiger charge is -2.34. The Kier molecular flexibility index (Phi) is 4.81. The van der Waals surface area contributed by atoms with Gasteiger partial charge in [0.1, 0.15) is 22.5 Å². The Morgan fingerprint density at radius 2 is 1.39 bits per heavy atom. The van der Waals surface area contributed by atoms with Crippen LogP contribution >= 0.6 is 0 Å². The molecule has 0 saturated heterocycles. The van der Waals surface area contributed by atoms with Crippen LogP contribution in [0.2, 0.25) is 0 Å². The van der Waals surface area contributed by atoms with Crippen molar-refractivity contribution < 1.29 is 5.11 Å². The minimum atomic E-state index is -0.195. The van der Waals surface area contributed by atoms with E-state index in [1.54, 1.807) is 4.80 Å². The number of hydrogen-bond donors (Lipinski definition) is 1. The maximum absolute atomic E-state index is 11.1. The molecule has 2 aromatic carbocycles. The van der Waals surface area contributed by atoms with E-state index in [2.05, 4.69) is 77.7 Å². The Bertz CT molecular complexity index is 968. The molecular weight excluding hydrogens is 346 g/mol. The molecule has 4 heteroatoms. The van der Waals surface area contributed by atoms with Crippen LogP contribution in [0, 0.1) is 5.41 Å². The molecular formula is C24H33N3O. The van der Waals surface area contributed by atoms with Crippen molar-refractivity contribution in [3.05, 3.63) is 47.5 Å². The van der Waals surface area contributed by atoms with Gasteiger partial charge in [-0.1, -0.05) is 73.6 Å². The first-order valence-electron chi connectivity index (χ1n) is 9.98. The van der Waals surface area contributed by atoms with Gasteiger partial charge in [0, 0.05) is 5.56 Å². The van der Waals surface area contributed by atoms with Crippen molar-refractivity contribution in [2.75, 3.05) is 0 Å². The van der Waals surface area contributed by atoms with Crippen molar-refractivity contribution in [2.45, 2.75) is 72.6 Å². The second kappa shape index (κ2) is 6.61. The van der Waals surface area contributed by atoms with E-state index in [4.69, 9.17) is 0 Å². The molecule has 150 valence electrons. The Morgan fingerprint density at radius 1 is 0.857 bits per heavy atom. The average molecular weight is 380 g/mol. The lowest BCUT2D eigenvalue weighted by molar-refractivity contribution is 0.283. The van der Waals surface area contributed by atoms with Crippen LogP contribution in [0.25, 0.3) is 16.7 Å². The highest BCUT2D eigenvalue weighted by Crippen LogP contribution is 2.42. The Balaban J connectivity index is 2.24. The van der Waals surface area contributed by atoms with Crippen LogP contribution in [-0.2, 0) is 10.8 Å². The van der Waals surface area contributed by atoms with E-state index in [-0.39, 0.29) is 22.0 Å². The first kappa shape index (κ1) is 20.4. The van der Waals surface area contributed by atoms with E-state index in [0.29, 0.717) is 5.69 Å². The third-order valence-electron chi connectivity index (χ3n) is 5.15. The molecule has 3 aromatic rings. The van der Waals surface area contributed by atoms with Gasteiger partial charge in [-0.05, 0) is 46.4 Å². The zero-order valence-corrected chi connectivity index (χ0v) is 18.5. The molecule has 0 bridgehead atoms. The molecule has 0 unspecified atom stereocenters. The highest BCUT2D eigenvalue weighted by atomic mass is 16.3. The standard InChI is InChI=1S/C24H33N3O/c1-22(2,3)15-24(7,8)16-13-17(23(4,5)6)21(28)20(14-16)27-25-18-11-9-10-12-19(18)26-27/h9-14,28H,15H2,1-8H3. The lowest BCUT2D eigenvalue weighted by Crippen LogP contribution is -2.26. The number of aromatic hydroxyl groups is 1. The average Bonchev–Trinajstić information content (AvgIpc) is 2.95. The predicted molar refractivity (Wildman–Crippen MR) is 116 cm³/mol. The molecule has 0 spiro atoms. The zero-order chi connectivity index (χ0) is 20.9. The topological polar surface area (TPSA) is 50.9 Å². The summed E-state index contributed by atoms with van der Waals surface area (Å²) in [4.78, 5) is 1.58. The molecule has 4 nitrogen and oxygen atoms in total. The van der Waals surface area contributed by atoms with Gasteiger partial charge in [-0.15, -0.1) is 15.0 Å². The van der Waals surface area contributed by atoms with Gasteiger partial charge in [0.15, 0.2) is 0 Å². The third kappa shape index (κ3) is 4.06. The molecule has 0 atom stereocenters. The third-order valence-corrected chi connectivity index (χ3v) is 5.15. The van der Waals surface area contributed by atoms with Crippen LogP contribution in [0.3, 0.4) is 0 Å². The normalized spacial score (nSPS) is 13.3. The molecule has 0 aliphatic heterocycles. The summed E-state index contributed by atoms with van der Waals surface area (Å²) in [5.41, 5.74) is 4.34. The van der Waals surface area contributed by atoms with Crippen molar-refractivity contribution in [1.82, 2.24) is 15.0 Å². The van der Waals surface area contributed by atoms with Gasteiger partial charge < -0.3 is 5.11 Å². The molecule has 0 aliphatic carbocycles. The van der Waals surface area contributed by atoms with Crippen molar-refractivity contribution in [1.29, 1.82) is 0 Å². The second-order valence-electron chi connectivity index (χ2n) is 10.7. The number of benzene rings is 2. The summed E-state index contributed by atoms with van der Waals surface area (Å²) in [5.74, 6) is 0.253. The van der Waals surface area contributed by atoms with E-state index in [0.717, 1.165) is 23.0 Å². The zero-order valence-electron chi connectivity index (χ0n) is 18.5. The molecule has 28 heavy (non-hydrogen) atoms. The Morgan fingerprint density at radius 3 is 1.86 bits per heavy atom. The Labute approximate surface area is 168 Å². The lowest BCUT2D eigenvalue weighted by atomic mass is 9.71. The van der Waals surface area contributed by atoms with E-state index in [9.17, 15) is 5.11 Å². The van der Waals surface area contributed by atoms with E-state index in [1.165, 1.54) is 5.56 Å². The van der Waals surface area contributed by atoms with Gasteiger partial charge in [-0.3, -0.25) is 0 Å². The number of aromatic nitrogens is 3. The molecule has 1 N–H and O–H groups in total. The summed E-state index contributed by atoms with van der Waals surface area (Å²) in [6, 6.07) is 12.0. The fourth-order valence-electron chi connectivity index (χ4n) is 4.13. The van der Waals surface area contributed by atoms with Crippen LogP contribution in [0.4, 0.5) is 0 Å². The monoisotopic (exact) mass is 379 g/mol. The minimum absolute atomic E-state index is 0.0483. The van der Waals surface area contributed by atoms with Crippen molar-refractivity contribution in [3.63, 3.8) is 0 Å². The number of hydrogen-bond acceptors (Lipinski definition) is 3. The molecule has 3 rings (SSSR count). The number of phenolic OH excluding ortho intramolecular Hbond substituents is 1. The number of nitrogens with zero attached hydrogens (tertiary/aromatic N) is 3. The quantitative estimate of drug-likeness (QED) is 0.595. The fraction of sp³-hybridized carbons (Fsp3) is 0.500. The van der Waals surface area contributed by atoms with Gasteiger partial charge in [0.2, 0.25) is 0 Å². The highest BCUT2D eigenvalue weighted by molar-refractivity contribution is 5.73. The van der Waals surface area contributed by atoms with Crippen molar-refractivity contribution >= 4 is 11.0 Å². The van der Waals surface area contributed by atoms with E-state index >= 15 is 0 Å². The van der Waals surface area contributed by atoms with Gasteiger partial charge >= 0.3 is 0 Å². The summed E-state index contributed by atoms with van der Waals surface area (Å²) in [6.07, 6.45) is 1.03. The molecule has 1 aromatic heterocycles. The maximum atomic E-state index is 11.1. The van der Waals surface area contributed by atoms with Crippen LogP contribution in [0.1, 0.15) is 72.9 Å². The SMILES string of the molecule is CC(C)(C)CC(C)(C)c1cc(-n2nc3ccccc3n2)c(O)c(C(C)(C)C)c1. The fourth-order valence-corrected chi connectivity index (χ4v) is 4.13. The van der Waals surface area contributed by atoms with E-state index in [1.807, 2.05) is 24.3 Å². The van der Waals surface area contributed by atoms with Gasteiger partial charge in [-0.2, -0.15) is 0 Å². The number of rotatable bonds is 3. The summed E-state index contributed by atoms with van der Waals surface area (Å²) in [5, 5.41) is 20.3. The molecule has 0 radical (unpaired) electrons. The summed E-state index contributed by atoms with van der Waals surface area (Å²) in [7, 11) is 0. The summed E-state index contributed by atoms with van der Waals surface area (Å²) in [6.45, 7) is 17.7. The number of fused-ring (bicyclic) bond motifs is 1. The van der Waals surface area contributed by atoms with E-state index < -0.39 is 0 Å². The highest BCUT2D eigenvalue weighted by Gasteiger charge is 2.31. The van der Waals surface area contributed by atoms with Gasteiger partial charge in [0.05, 0.1) is 0 Å². The first-order valence-corrected chi connectivity index (χ1v) is 9.98. The second-order valence-corrected chi connectivity index (χ2v) is 10.7. The Hall–Kier alpha value is -2.36. The molecule has 1 heterocycles. The van der Waals surface area contributed by atoms with Crippen molar-refractivity contribution in [2.24, 2.45) is 5.41 Å². The molecule has 0 aliphatic rings. The summed E-state index contributed by atoms with van der Waals surface area (Å²) < 4.78 is 0. The minimum Gasteiger partial charge on any atom is -0.505 e. The first-order chi connectivity index (χ1) is 12.8. The van der Waals surface area contributed by atoms with Crippen LogP contribution in [0.15, 0.2) is 36.4 Å². The molecule has 0 fully saturated rings. The number of phenols is 1. The smallest absolute Gasteiger partial charge is 0.146 e. The van der Waals surface area contributed by atoms with Gasteiger partial charge in [0.25, 0.3) is 0 Å². The molecule has 0 amide bonds.